The van der Waals surface area contributed by atoms with E-state index in [1.165, 1.54) is 77.7 Å². The minimum absolute atomic E-state index is 0.506. The first-order chi connectivity index (χ1) is 16.2. The van der Waals surface area contributed by atoms with Crippen molar-refractivity contribution in [3.63, 3.8) is 0 Å². The van der Waals surface area contributed by atoms with Crippen molar-refractivity contribution in [1.29, 1.82) is 0 Å². The second kappa shape index (κ2) is 10.1. The molecule has 1 N–H and O–H groups in total. The van der Waals surface area contributed by atoms with Gasteiger partial charge in [-0.2, -0.15) is 0 Å². The lowest BCUT2D eigenvalue weighted by Crippen LogP contribution is -2.34. The van der Waals surface area contributed by atoms with Gasteiger partial charge in [-0.05, 0) is 78.3 Å². The maximum atomic E-state index is 5.09. The zero-order valence-corrected chi connectivity index (χ0v) is 20.9. The fourth-order valence-corrected chi connectivity index (χ4v) is 6.04. The topological polar surface area (TPSA) is 37.8 Å². The smallest absolute Gasteiger partial charge is 0.0664 e. The molecule has 2 aromatic rings. The summed E-state index contributed by atoms with van der Waals surface area (Å²) in [4.78, 5) is 10.1. The first-order valence-electron chi connectivity index (χ1n) is 13.6. The van der Waals surface area contributed by atoms with E-state index >= 15 is 0 Å². The van der Waals surface area contributed by atoms with Crippen LogP contribution in [0.2, 0.25) is 0 Å². The Hall–Kier alpha value is -2.00. The summed E-state index contributed by atoms with van der Waals surface area (Å²) in [6.07, 6.45) is 16.9. The Kier molecular flexibility index (Phi) is 6.97. The van der Waals surface area contributed by atoms with Gasteiger partial charge < -0.3 is 5.32 Å². The first kappa shape index (κ1) is 22.8. The summed E-state index contributed by atoms with van der Waals surface area (Å²) in [5.74, 6) is 2.01. The van der Waals surface area contributed by atoms with Gasteiger partial charge in [-0.25, -0.2) is 0 Å². The molecule has 176 valence electrons. The van der Waals surface area contributed by atoms with E-state index in [9.17, 15) is 0 Å². The minimum Gasteiger partial charge on any atom is -0.310 e. The molecule has 5 rings (SSSR count). The van der Waals surface area contributed by atoms with Crippen molar-refractivity contribution in [2.24, 2.45) is 11.8 Å². The van der Waals surface area contributed by atoms with Crippen molar-refractivity contribution in [3.05, 3.63) is 58.7 Å². The maximum absolute atomic E-state index is 5.09. The van der Waals surface area contributed by atoms with Crippen LogP contribution in [0.3, 0.4) is 0 Å². The van der Waals surface area contributed by atoms with E-state index in [0.717, 1.165) is 38.1 Å². The third-order valence-corrected chi connectivity index (χ3v) is 8.68. The molecule has 2 fully saturated rings. The van der Waals surface area contributed by atoms with Crippen LogP contribution in [0.1, 0.15) is 113 Å². The van der Waals surface area contributed by atoms with Gasteiger partial charge in [0.1, 0.15) is 0 Å². The Morgan fingerprint density at radius 1 is 0.970 bits per heavy atom. The molecule has 0 aliphatic heterocycles. The Bertz CT molecular complexity index is 982. The lowest BCUT2D eigenvalue weighted by molar-refractivity contribution is 0.184. The fraction of sp³-hybridized carbons (Fsp3) is 0.600. The van der Waals surface area contributed by atoms with E-state index in [1.807, 2.05) is 0 Å². The standard InChI is InChI=1S/C30H41N3/c1-4-8-25-27(29-14-13-22(19-32-29)18-31-24-11-7-12-24)16-26(23-9-6-10-23)20(3)30-28(25)15-21(5-2)17-33-30/h13-15,17,19-20,23-24,26,31H,4-12,16,18H2,1-3H3. The summed E-state index contributed by atoms with van der Waals surface area (Å²) in [6.45, 7) is 7.92. The van der Waals surface area contributed by atoms with E-state index in [0.29, 0.717) is 17.9 Å². The molecule has 33 heavy (non-hydrogen) atoms. The molecule has 2 heterocycles. The largest absolute Gasteiger partial charge is 0.310 e. The van der Waals surface area contributed by atoms with Crippen LogP contribution < -0.4 is 5.32 Å². The van der Waals surface area contributed by atoms with Gasteiger partial charge in [0, 0.05) is 36.5 Å². The fourth-order valence-electron chi connectivity index (χ4n) is 6.04. The average Bonchev–Trinajstić information content (AvgIpc) is 2.88. The highest BCUT2D eigenvalue weighted by Crippen LogP contribution is 2.50. The Labute approximate surface area is 200 Å². The van der Waals surface area contributed by atoms with E-state index in [1.54, 1.807) is 0 Å². The van der Waals surface area contributed by atoms with Crippen LogP contribution in [-0.4, -0.2) is 16.0 Å². The second-order valence-corrected chi connectivity index (χ2v) is 10.7. The molecule has 0 amide bonds. The van der Waals surface area contributed by atoms with Gasteiger partial charge >= 0.3 is 0 Å². The van der Waals surface area contributed by atoms with Crippen LogP contribution >= 0.6 is 0 Å². The molecular weight excluding hydrogens is 402 g/mol. The van der Waals surface area contributed by atoms with Gasteiger partial charge in [-0.3, -0.25) is 9.97 Å². The number of pyridine rings is 2. The van der Waals surface area contributed by atoms with Crippen LogP contribution in [0.5, 0.6) is 0 Å². The molecule has 2 atom stereocenters. The predicted octanol–water partition coefficient (Wildman–Crippen LogP) is 7.32. The summed E-state index contributed by atoms with van der Waals surface area (Å²) in [5.41, 5.74) is 9.60. The Morgan fingerprint density at radius 2 is 1.76 bits per heavy atom. The molecular formula is C30H41N3. The second-order valence-electron chi connectivity index (χ2n) is 10.7. The van der Waals surface area contributed by atoms with Gasteiger partial charge in [0.05, 0.1) is 11.4 Å². The first-order valence-corrected chi connectivity index (χ1v) is 13.6. The molecule has 3 aliphatic carbocycles. The quantitative estimate of drug-likeness (QED) is 0.464. The number of nitrogens with zero attached hydrogens (tertiary/aromatic N) is 2. The summed E-state index contributed by atoms with van der Waals surface area (Å²) in [6, 6.07) is 7.77. The molecule has 2 aromatic heterocycles. The monoisotopic (exact) mass is 443 g/mol. The molecule has 2 saturated carbocycles. The highest BCUT2D eigenvalue weighted by atomic mass is 14.9. The molecule has 0 radical (unpaired) electrons. The summed E-state index contributed by atoms with van der Waals surface area (Å²) >= 11 is 0. The number of aryl methyl sites for hydroxylation is 1. The van der Waals surface area contributed by atoms with Crippen molar-refractivity contribution >= 4 is 11.1 Å². The number of hydrogen-bond acceptors (Lipinski definition) is 3. The van der Waals surface area contributed by atoms with Crippen molar-refractivity contribution in [2.45, 2.75) is 103 Å². The van der Waals surface area contributed by atoms with Gasteiger partial charge in [0.2, 0.25) is 0 Å². The zero-order chi connectivity index (χ0) is 22.8. The molecule has 3 heteroatoms. The maximum Gasteiger partial charge on any atom is 0.0664 e. The molecule has 3 aliphatic rings. The summed E-state index contributed by atoms with van der Waals surface area (Å²) in [7, 11) is 0. The normalized spacial score (nSPS) is 23.6. The average molecular weight is 444 g/mol. The van der Waals surface area contributed by atoms with Gasteiger partial charge in [0.25, 0.3) is 0 Å². The van der Waals surface area contributed by atoms with Crippen LogP contribution in [0.15, 0.2) is 30.6 Å². The number of hydrogen-bond donors (Lipinski definition) is 1. The number of nitrogens with one attached hydrogen (secondary N) is 1. The predicted molar refractivity (Wildman–Crippen MR) is 138 cm³/mol. The van der Waals surface area contributed by atoms with Gasteiger partial charge in [-0.15, -0.1) is 0 Å². The van der Waals surface area contributed by atoms with Crippen molar-refractivity contribution in [3.8, 4) is 0 Å². The molecule has 0 spiro atoms. The number of rotatable bonds is 8. The van der Waals surface area contributed by atoms with Gasteiger partial charge in [-0.1, -0.05) is 58.9 Å². The highest BCUT2D eigenvalue weighted by molar-refractivity contribution is 5.91. The Balaban J connectivity index is 1.53. The number of fused-ring (bicyclic) bond motifs is 1. The van der Waals surface area contributed by atoms with Crippen LogP contribution in [0.25, 0.3) is 11.1 Å². The zero-order valence-electron chi connectivity index (χ0n) is 20.9. The van der Waals surface area contributed by atoms with Crippen molar-refractivity contribution < 1.29 is 0 Å². The van der Waals surface area contributed by atoms with Crippen LogP contribution in [0, 0.1) is 11.8 Å². The van der Waals surface area contributed by atoms with Crippen LogP contribution in [0.4, 0.5) is 0 Å². The lowest BCUT2D eigenvalue weighted by atomic mass is 9.68. The third kappa shape index (κ3) is 4.67. The van der Waals surface area contributed by atoms with E-state index < -0.39 is 0 Å². The molecule has 2 unspecified atom stereocenters. The molecule has 0 aromatic carbocycles. The van der Waals surface area contributed by atoms with Crippen LogP contribution in [-0.2, 0) is 13.0 Å². The van der Waals surface area contributed by atoms with E-state index in [4.69, 9.17) is 9.97 Å². The van der Waals surface area contributed by atoms with E-state index in [2.05, 4.69) is 56.7 Å². The molecule has 0 bridgehead atoms. The lowest BCUT2D eigenvalue weighted by Gasteiger charge is -2.37. The Morgan fingerprint density at radius 3 is 2.36 bits per heavy atom. The number of allylic oxidation sites excluding steroid dienone is 2. The molecule has 3 nitrogen and oxygen atoms in total. The van der Waals surface area contributed by atoms with Crippen molar-refractivity contribution in [2.75, 3.05) is 0 Å². The highest BCUT2D eigenvalue weighted by Gasteiger charge is 2.37. The summed E-state index contributed by atoms with van der Waals surface area (Å²) < 4.78 is 0. The van der Waals surface area contributed by atoms with Gasteiger partial charge in [0.15, 0.2) is 0 Å². The minimum atomic E-state index is 0.506. The van der Waals surface area contributed by atoms with Crippen molar-refractivity contribution in [1.82, 2.24) is 15.3 Å². The molecule has 0 saturated heterocycles. The van der Waals surface area contributed by atoms with E-state index in [-0.39, 0.29) is 0 Å². The third-order valence-electron chi connectivity index (χ3n) is 8.68. The summed E-state index contributed by atoms with van der Waals surface area (Å²) in [5, 5.41) is 3.68. The SMILES string of the molecule is CCCC1=C(c2ccc(CNC3CCC3)cn2)CC(C2CCC2)C(C)c2ncc(CC)cc21. The number of aromatic nitrogens is 2.